The van der Waals surface area contributed by atoms with Gasteiger partial charge in [-0.05, 0) is 83.2 Å². The molecule has 3 aromatic carbocycles. The Morgan fingerprint density at radius 2 is 1.75 bits per heavy atom. The summed E-state index contributed by atoms with van der Waals surface area (Å²) in [6.07, 6.45) is 1.51. The SMILES string of the molecule is CCOc1cc(/C=C2\SC(=O)N(Cc3ccccc3F)C2=O)cc(I)c1OS(=O)(=O)c1ccccc1. The molecule has 0 spiro atoms. The van der Waals surface area contributed by atoms with Crippen molar-refractivity contribution in [2.45, 2.75) is 18.4 Å². The van der Waals surface area contributed by atoms with Gasteiger partial charge in [-0.1, -0.05) is 36.4 Å². The van der Waals surface area contributed by atoms with Gasteiger partial charge < -0.3 is 8.92 Å². The van der Waals surface area contributed by atoms with Gasteiger partial charge in [0.25, 0.3) is 11.1 Å². The molecule has 4 rings (SSSR count). The Morgan fingerprint density at radius 3 is 2.44 bits per heavy atom. The van der Waals surface area contributed by atoms with Crippen molar-refractivity contribution in [2.24, 2.45) is 0 Å². The van der Waals surface area contributed by atoms with E-state index in [1.165, 1.54) is 42.5 Å². The van der Waals surface area contributed by atoms with E-state index >= 15 is 0 Å². The fraction of sp³-hybridized carbons (Fsp3) is 0.120. The van der Waals surface area contributed by atoms with Gasteiger partial charge in [-0.15, -0.1) is 0 Å². The zero-order valence-electron chi connectivity index (χ0n) is 18.8. The van der Waals surface area contributed by atoms with Crippen molar-refractivity contribution in [1.82, 2.24) is 4.90 Å². The van der Waals surface area contributed by atoms with E-state index in [1.54, 1.807) is 37.3 Å². The predicted molar refractivity (Wildman–Crippen MR) is 142 cm³/mol. The summed E-state index contributed by atoms with van der Waals surface area (Å²) in [5.74, 6) is -0.863. The summed E-state index contributed by atoms with van der Waals surface area (Å²) >= 11 is 2.66. The number of hydrogen-bond donors (Lipinski definition) is 0. The van der Waals surface area contributed by atoms with E-state index in [0.29, 0.717) is 9.13 Å². The van der Waals surface area contributed by atoms with Crippen LogP contribution in [0.3, 0.4) is 0 Å². The molecule has 1 aliphatic heterocycles. The van der Waals surface area contributed by atoms with Crippen LogP contribution < -0.4 is 8.92 Å². The molecule has 0 unspecified atom stereocenters. The number of hydrogen-bond acceptors (Lipinski definition) is 7. The fourth-order valence-electron chi connectivity index (χ4n) is 3.34. The van der Waals surface area contributed by atoms with E-state index in [-0.39, 0.29) is 40.0 Å². The lowest BCUT2D eigenvalue weighted by molar-refractivity contribution is -0.123. The molecular weight excluding hydrogens is 620 g/mol. The molecule has 0 atom stereocenters. The van der Waals surface area contributed by atoms with Crippen molar-refractivity contribution < 1.29 is 31.3 Å². The molecule has 1 aliphatic rings. The number of nitrogens with zero attached hydrogens (tertiary/aromatic N) is 1. The van der Waals surface area contributed by atoms with E-state index < -0.39 is 27.1 Å². The van der Waals surface area contributed by atoms with Gasteiger partial charge in [0.1, 0.15) is 10.7 Å². The average molecular weight is 639 g/mol. The Morgan fingerprint density at radius 1 is 1.06 bits per heavy atom. The van der Waals surface area contributed by atoms with Crippen LogP contribution in [-0.4, -0.2) is 31.1 Å². The minimum Gasteiger partial charge on any atom is -0.490 e. The molecule has 2 amide bonds. The summed E-state index contributed by atoms with van der Waals surface area (Å²) in [6.45, 7) is 1.80. The highest BCUT2D eigenvalue weighted by molar-refractivity contribution is 14.1. The third kappa shape index (κ3) is 5.73. The second-order valence-corrected chi connectivity index (χ2v) is 11.2. The largest absolute Gasteiger partial charge is 0.490 e. The summed E-state index contributed by atoms with van der Waals surface area (Å²) in [4.78, 5) is 26.5. The van der Waals surface area contributed by atoms with Gasteiger partial charge in [-0.2, -0.15) is 8.42 Å². The summed E-state index contributed by atoms with van der Waals surface area (Å²) in [6, 6.07) is 16.8. The highest BCUT2D eigenvalue weighted by Gasteiger charge is 2.35. The number of carbonyl (C=O) groups is 2. The maximum Gasteiger partial charge on any atom is 0.339 e. The van der Waals surface area contributed by atoms with E-state index in [2.05, 4.69) is 0 Å². The second kappa shape index (κ2) is 11.0. The first-order valence-corrected chi connectivity index (χ1v) is 13.9. The van der Waals surface area contributed by atoms with Crippen LogP contribution in [0.1, 0.15) is 18.1 Å². The maximum atomic E-state index is 14.0. The number of imide groups is 1. The van der Waals surface area contributed by atoms with Gasteiger partial charge in [0, 0.05) is 5.56 Å². The molecule has 36 heavy (non-hydrogen) atoms. The Hall–Kier alpha value is -2.90. The zero-order chi connectivity index (χ0) is 25.9. The van der Waals surface area contributed by atoms with Gasteiger partial charge in [-0.25, -0.2) is 4.39 Å². The van der Waals surface area contributed by atoms with Crippen molar-refractivity contribution >= 4 is 61.7 Å². The molecule has 1 saturated heterocycles. The molecule has 0 aliphatic carbocycles. The number of rotatable bonds is 8. The Kier molecular flexibility index (Phi) is 8.00. The normalized spacial score (nSPS) is 15.0. The third-order valence-corrected chi connectivity index (χ3v) is 7.96. The molecule has 1 heterocycles. The van der Waals surface area contributed by atoms with E-state index in [9.17, 15) is 22.4 Å². The van der Waals surface area contributed by atoms with Crippen LogP contribution in [0.25, 0.3) is 6.08 Å². The molecule has 0 bridgehead atoms. The Labute approximate surface area is 225 Å². The first kappa shape index (κ1) is 26.2. The number of amides is 2. The number of carbonyl (C=O) groups excluding carboxylic acids is 2. The van der Waals surface area contributed by atoms with Crippen molar-refractivity contribution in [3.63, 3.8) is 0 Å². The highest BCUT2D eigenvalue weighted by atomic mass is 127. The fourth-order valence-corrected chi connectivity index (χ4v) is 6.05. The molecule has 11 heteroatoms. The molecule has 186 valence electrons. The van der Waals surface area contributed by atoms with Crippen LogP contribution in [0.5, 0.6) is 11.5 Å². The topological polar surface area (TPSA) is 90.0 Å². The summed E-state index contributed by atoms with van der Waals surface area (Å²) in [7, 11) is -4.11. The van der Waals surface area contributed by atoms with Crippen LogP contribution in [0.4, 0.5) is 9.18 Å². The summed E-state index contributed by atoms with van der Waals surface area (Å²) < 4.78 is 51.0. The summed E-state index contributed by atoms with van der Waals surface area (Å²) in [5, 5.41) is -0.511. The molecule has 0 N–H and O–H groups in total. The molecule has 3 aromatic rings. The van der Waals surface area contributed by atoms with E-state index in [1.807, 2.05) is 22.6 Å². The van der Waals surface area contributed by atoms with Crippen molar-refractivity contribution in [3.8, 4) is 11.5 Å². The maximum absolute atomic E-state index is 14.0. The summed E-state index contributed by atoms with van der Waals surface area (Å²) in [5.41, 5.74) is 0.735. The Bertz CT molecular complexity index is 1460. The van der Waals surface area contributed by atoms with Crippen LogP contribution in [0.15, 0.2) is 76.5 Å². The first-order valence-electron chi connectivity index (χ1n) is 10.6. The van der Waals surface area contributed by atoms with Crippen LogP contribution in [-0.2, 0) is 21.5 Å². The molecule has 1 fully saturated rings. The molecule has 7 nitrogen and oxygen atoms in total. The smallest absolute Gasteiger partial charge is 0.339 e. The average Bonchev–Trinajstić information content (AvgIpc) is 3.10. The van der Waals surface area contributed by atoms with Crippen molar-refractivity contribution in [2.75, 3.05) is 6.61 Å². The van der Waals surface area contributed by atoms with Crippen molar-refractivity contribution in [3.05, 3.63) is 92.1 Å². The lowest BCUT2D eigenvalue weighted by Gasteiger charge is -2.15. The predicted octanol–water partition coefficient (Wildman–Crippen LogP) is 5.83. The number of halogens is 2. The van der Waals surface area contributed by atoms with Gasteiger partial charge >= 0.3 is 10.1 Å². The van der Waals surface area contributed by atoms with Gasteiger partial charge in [0.05, 0.1) is 21.6 Å². The molecule has 0 radical (unpaired) electrons. The van der Waals surface area contributed by atoms with Gasteiger partial charge in [0.2, 0.25) is 0 Å². The monoisotopic (exact) mass is 639 g/mol. The minimum absolute atomic E-state index is 0.00384. The second-order valence-electron chi connectivity index (χ2n) is 7.47. The zero-order valence-corrected chi connectivity index (χ0v) is 22.6. The van der Waals surface area contributed by atoms with E-state index in [0.717, 1.165) is 16.7 Å². The molecule has 0 aromatic heterocycles. The van der Waals surface area contributed by atoms with Crippen LogP contribution in [0, 0.1) is 9.39 Å². The highest BCUT2D eigenvalue weighted by Crippen LogP contribution is 2.39. The standard InChI is InChI=1S/C25H19FINO6S2/c1-2-33-21-13-16(12-20(27)23(21)34-36(31,32)18-9-4-3-5-10-18)14-22-24(29)28(25(30)35-22)15-17-8-6-7-11-19(17)26/h3-14H,2,15H2,1H3/b22-14-. The number of ether oxygens (including phenoxy) is 1. The first-order chi connectivity index (χ1) is 17.2. The third-order valence-electron chi connectivity index (χ3n) is 5.01. The van der Waals surface area contributed by atoms with Crippen LogP contribution >= 0.6 is 34.4 Å². The van der Waals surface area contributed by atoms with E-state index in [4.69, 9.17) is 8.92 Å². The van der Waals surface area contributed by atoms with Gasteiger partial charge in [0.15, 0.2) is 11.5 Å². The van der Waals surface area contributed by atoms with Gasteiger partial charge in [-0.3, -0.25) is 14.5 Å². The van der Waals surface area contributed by atoms with Crippen molar-refractivity contribution in [1.29, 1.82) is 0 Å². The quantitative estimate of drug-likeness (QED) is 0.174. The molecule has 0 saturated carbocycles. The minimum atomic E-state index is -4.11. The lowest BCUT2D eigenvalue weighted by atomic mass is 10.1. The molecular formula is C25H19FINO6S2. The van der Waals surface area contributed by atoms with Crippen LogP contribution in [0.2, 0.25) is 0 Å². The Balaban J connectivity index is 1.63. The lowest BCUT2D eigenvalue weighted by Crippen LogP contribution is -2.27. The number of benzene rings is 3. The number of thioether (sulfide) groups is 1.